The summed E-state index contributed by atoms with van der Waals surface area (Å²) in [4.78, 5) is 0. The molecule has 1 rings (SSSR count). The first-order valence-corrected chi connectivity index (χ1v) is 28.7. The molecule has 0 bridgehead atoms. The smallest absolute Gasteiger partial charge is 0.108 e. The van der Waals surface area contributed by atoms with Crippen LogP contribution in [-0.4, -0.2) is 6.61 Å². The van der Waals surface area contributed by atoms with Crippen LogP contribution in [-0.2, 0) is 4.74 Å². The van der Waals surface area contributed by atoms with Gasteiger partial charge >= 0.3 is 0 Å². The van der Waals surface area contributed by atoms with Crippen LogP contribution in [0.5, 0.6) is 0 Å². The van der Waals surface area contributed by atoms with Gasteiger partial charge in [-0.3, -0.25) is 0 Å². The zero-order chi connectivity index (χ0) is 42.6. The molecule has 0 saturated carbocycles. The maximum Gasteiger partial charge on any atom is 0.108 e. The lowest BCUT2D eigenvalue weighted by Gasteiger charge is -2.53. The third-order valence-electron chi connectivity index (χ3n) is 15.0. The molecule has 1 heterocycles. The minimum atomic E-state index is 0.340. The Kier molecular flexibility index (Phi) is 43.0. The summed E-state index contributed by atoms with van der Waals surface area (Å²) < 4.78 is 6.72. The van der Waals surface area contributed by atoms with Gasteiger partial charge in [-0.15, -0.1) is 0 Å². The third kappa shape index (κ3) is 32.3. The van der Waals surface area contributed by atoms with Gasteiger partial charge in [0, 0.05) is 11.3 Å². The normalized spacial score (nSPS) is 14.8. The van der Waals surface area contributed by atoms with E-state index in [0.717, 1.165) is 12.5 Å². The fourth-order valence-corrected chi connectivity index (χ4v) is 11.0. The van der Waals surface area contributed by atoms with Crippen LogP contribution in [0.2, 0.25) is 0 Å². The SMILES string of the molecule is CCCCCCCCCCCCCC(CCCCCCCCCCCCC)C(CCCCCCCCCCCCC)(CCCCCCCCCCCCC)[C]1OCC1C. The molecule has 0 aromatic rings. The molecule has 0 aliphatic carbocycles. The maximum absolute atomic E-state index is 6.72. The number of unbranched alkanes of at least 4 members (excludes halogenated alkanes) is 40. The second-order valence-corrected chi connectivity index (χ2v) is 20.6. The molecule has 0 aromatic heterocycles. The van der Waals surface area contributed by atoms with E-state index >= 15 is 0 Å². The molecule has 0 amide bonds. The molecule has 1 aliphatic rings. The lowest BCUT2D eigenvalue weighted by Crippen LogP contribution is -2.48. The Bertz CT molecular complexity index is 736. The van der Waals surface area contributed by atoms with Gasteiger partial charge in [0.2, 0.25) is 0 Å². The maximum atomic E-state index is 6.72. The summed E-state index contributed by atoms with van der Waals surface area (Å²) in [5, 5.41) is 0. The van der Waals surface area contributed by atoms with E-state index in [9.17, 15) is 0 Å². The molecular formula is C58H115O. The average Bonchev–Trinajstić information content (AvgIpc) is 3.24. The van der Waals surface area contributed by atoms with Crippen molar-refractivity contribution in [3.8, 4) is 0 Å². The van der Waals surface area contributed by atoms with Crippen LogP contribution in [0.3, 0.4) is 0 Å². The van der Waals surface area contributed by atoms with Crippen molar-refractivity contribution in [2.75, 3.05) is 6.61 Å². The van der Waals surface area contributed by atoms with Crippen molar-refractivity contribution in [2.24, 2.45) is 17.3 Å². The van der Waals surface area contributed by atoms with Gasteiger partial charge in [-0.25, -0.2) is 0 Å². The molecule has 1 atom stereocenters. The van der Waals surface area contributed by atoms with E-state index in [-0.39, 0.29) is 0 Å². The summed E-state index contributed by atoms with van der Waals surface area (Å²) in [7, 11) is 0. The zero-order valence-corrected chi connectivity index (χ0v) is 42.2. The Morgan fingerprint density at radius 3 is 0.763 bits per heavy atom. The quantitative estimate of drug-likeness (QED) is 0.0555. The Hall–Kier alpha value is -0.0400. The average molecular weight is 829 g/mol. The highest BCUT2D eigenvalue weighted by atomic mass is 16.5. The van der Waals surface area contributed by atoms with Gasteiger partial charge in [-0.1, -0.05) is 317 Å². The van der Waals surface area contributed by atoms with Gasteiger partial charge < -0.3 is 4.74 Å². The molecule has 1 nitrogen and oxygen atoms in total. The molecule has 353 valence electrons. The Morgan fingerprint density at radius 1 is 0.339 bits per heavy atom. The molecule has 0 spiro atoms. The van der Waals surface area contributed by atoms with E-state index < -0.39 is 0 Å². The number of ether oxygens (including phenoxy) is 1. The summed E-state index contributed by atoms with van der Waals surface area (Å²) in [6.07, 6.45) is 71.2. The molecular weight excluding hydrogens is 713 g/mol. The molecule has 1 fully saturated rings. The Labute approximate surface area is 376 Å². The molecule has 0 aromatic carbocycles. The lowest BCUT2D eigenvalue weighted by molar-refractivity contribution is -0.114. The summed E-state index contributed by atoms with van der Waals surface area (Å²) in [5.74, 6) is 1.51. The first-order chi connectivity index (χ1) is 29.2. The first kappa shape index (κ1) is 57.0. The summed E-state index contributed by atoms with van der Waals surface area (Å²) in [6, 6.07) is 0. The molecule has 59 heavy (non-hydrogen) atoms. The Balaban J connectivity index is 2.88. The van der Waals surface area contributed by atoms with E-state index in [1.807, 2.05) is 0 Å². The van der Waals surface area contributed by atoms with Gasteiger partial charge in [0.05, 0.1) is 6.61 Å². The van der Waals surface area contributed by atoms with Crippen LogP contribution in [0, 0.1) is 23.4 Å². The number of hydrogen-bond donors (Lipinski definition) is 0. The second-order valence-electron chi connectivity index (χ2n) is 20.6. The van der Waals surface area contributed by atoms with Gasteiger partial charge in [-0.2, -0.15) is 0 Å². The van der Waals surface area contributed by atoms with Crippen LogP contribution in [0.4, 0.5) is 0 Å². The molecule has 0 N–H and O–H groups in total. The number of rotatable bonds is 50. The molecule has 1 heteroatoms. The van der Waals surface area contributed by atoms with Gasteiger partial charge in [0.15, 0.2) is 0 Å². The predicted molar refractivity (Wildman–Crippen MR) is 269 cm³/mol. The van der Waals surface area contributed by atoms with E-state index in [0.29, 0.717) is 11.3 Å². The van der Waals surface area contributed by atoms with Crippen molar-refractivity contribution >= 4 is 0 Å². The van der Waals surface area contributed by atoms with Crippen LogP contribution in [0.25, 0.3) is 0 Å². The van der Waals surface area contributed by atoms with Gasteiger partial charge in [-0.05, 0) is 31.6 Å². The lowest BCUT2D eigenvalue weighted by atomic mass is 9.58. The summed E-state index contributed by atoms with van der Waals surface area (Å²) in [6.45, 7) is 12.9. The Morgan fingerprint density at radius 2 is 0.559 bits per heavy atom. The largest absolute Gasteiger partial charge is 0.371 e. The van der Waals surface area contributed by atoms with Gasteiger partial charge in [0.1, 0.15) is 6.10 Å². The van der Waals surface area contributed by atoms with Crippen molar-refractivity contribution in [2.45, 2.75) is 343 Å². The van der Waals surface area contributed by atoms with Crippen LogP contribution in [0.15, 0.2) is 0 Å². The van der Waals surface area contributed by atoms with Crippen LogP contribution < -0.4 is 0 Å². The predicted octanol–water partition coefficient (Wildman–Crippen LogP) is 21.6. The van der Waals surface area contributed by atoms with E-state index in [1.165, 1.54) is 308 Å². The highest BCUT2D eigenvalue weighted by Gasteiger charge is 2.51. The van der Waals surface area contributed by atoms with Crippen molar-refractivity contribution in [1.29, 1.82) is 0 Å². The monoisotopic (exact) mass is 828 g/mol. The number of hydrogen-bond acceptors (Lipinski definition) is 1. The van der Waals surface area contributed by atoms with Crippen LogP contribution >= 0.6 is 0 Å². The molecule has 1 radical (unpaired) electrons. The molecule has 1 aliphatic heterocycles. The fraction of sp³-hybridized carbons (Fsp3) is 0.983. The van der Waals surface area contributed by atoms with Crippen molar-refractivity contribution < 1.29 is 4.74 Å². The summed E-state index contributed by atoms with van der Waals surface area (Å²) >= 11 is 0. The summed E-state index contributed by atoms with van der Waals surface area (Å²) in [5.41, 5.74) is 0.340. The van der Waals surface area contributed by atoms with Crippen molar-refractivity contribution in [3.63, 3.8) is 0 Å². The highest BCUT2D eigenvalue weighted by Crippen LogP contribution is 2.56. The standard InChI is InChI=1S/C58H115O/c1-6-10-14-18-22-26-30-34-38-42-46-50-56(51-47-43-39-35-31-27-23-19-15-11-7-2)58(57-55(5)54-59-57,52-48-44-40-36-32-28-24-20-16-12-8-3)53-49-45-41-37-33-29-25-21-17-13-9-4/h55-56H,6-54H2,1-5H3. The topological polar surface area (TPSA) is 9.23 Å². The third-order valence-corrected chi connectivity index (χ3v) is 15.0. The van der Waals surface area contributed by atoms with Crippen molar-refractivity contribution in [3.05, 3.63) is 6.10 Å². The van der Waals surface area contributed by atoms with Crippen LogP contribution in [0.1, 0.15) is 343 Å². The minimum Gasteiger partial charge on any atom is -0.371 e. The molecule has 1 unspecified atom stereocenters. The second kappa shape index (κ2) is 44.6. The first-order valence-electron chi connectivity index (χ1n) is 28.7. The van der Waals surface area contributed by atoms with Gasteiger partial charge in [0.25, 0.3) is 0 Å². The zero-order valence-electron chi connectivity index (χ0n) is 42.2. The van der Waals surface area contributed by atoms with Crippen molar-refractivity contribution in [1.82, 2.24) is 0 Å². The fourth-order valence-electron chi connectivity index (χ4n) is 11.0. The minimum absolute atomic E-state index is 0.340. The van der Waals surface area contributed by atoms with E-state index in [1.54, 1.807) is 6.10 Å². The molecule has 1 saturated heterocycles. The van der Waals surface area contributed by atoms with E-state index in [4.69, 9.17) is 4.74 Å². The highest BCUT2D eigenvalue weighted by molar-refractivity contribution is 5.11. The van der Waals surface area contributed by atoms with E-state index in [2.05, 4.69) is 34.6 Å².